The predicted molar refractivity (Wildman–Crippen MR) is 75.7 cm³/mol. The summed E-state index contributed by atoms with van der Waals surface area (Å²) >= 11 is 0. The van der Waals surface area contributed by atoms with E-state index in [4.69, 9.17) is 9.84 Å². The molecule has 0 aliphatic carbocycles. The van der Waals surface area contributed by atoms with Gasteiger partial charge in [-0.05, 0) is 24.6 Å². The highest BCUT2D eigenvalue weighted by Gasteiger charge is 2.17. The Morgan fingerprint density at radius 3 is 2.62 bits per heavy atom. The summed E-state index contributed by atoms with van der Waals surface area (Å²) in [5.41, 5.74) is 1.11. The Morgan fingerprint density at radius 1 is 1.24 bits per heavy atom. The lowest BCUT2D eigenvalue weighted by Gasteiger charge is -2.10. The van der Waals surface area contributed by atoms with Crippen LogP contribution in [0.1, 0.15) is 11.1 Å². The number of carboxylic acids is 1. The number of aryl methyl sites for hydroxylation is 1. The van der Waals surface area contributed by atoms with Crippen LogP contribution in [0, 0.1) is 17.0 Å². The third-order valence-corrected chi connectivity index (χ3v) is 2.85. The predicted octanol–water partition coefficient (Wildman–Crippen LogP) is 3.32. The van der Waals surface area contributed by atoms with Crippen molar-refractivity contribution in [2.75, 3.05) is 0 Å². The number of para-hydroxylation sites is 1. The third kappa shape index (κ3) is 3.56. The fraction of sp³-hybridized carbons (Fsp3) is 0.133. The quantitative estimate of drug-likeness (QED) is 0.673. The number of carbonyl (C=O) groups is 1. The van der Waals surface area contributed by atoms with Crippen molar-refractivity contribution in [1.29, 1.82) is 0 Å². The van der Waals surface area contributed by atoms with Gasteiger partial charge in [-0.25, -0.2) is 0 Å². The second kappa shape index (κ2) is 6.04. The molecule has 0 unspecified atom stereocenters. The molecule has 0 atom stereocenters. The molecule has 0 aromatic heterocycles. The molecule has 0 amide bonds. The van der Waals surface area contributed by atoms with E-state index in [1.807, 2.05) is 0 Å². The first kappa shape index (κ1) is 14.5. The molecule has 2 rings (SSSR count). The van der Waals surface area contributed by atoms with E-state index in [-0.39, 0.29) is 17.9 Å². The fourth-order valence-corrected chi connectivity index (χ4v) is 1.88. The first-order valence-electron chi connectivity index (χ1n) is 6.20. The highest BCUT2D eigenvalue weighted by Crippen LogP contribution is 2.33. The minimum absolute atomic E-state index is 0.0952. The van der Waals surface area contributed by atoms with Gasteiger partial charge in [0.1, 0.15) is 5.75 Å². The Morgan fingerprint density at radius 2 is 1.95 bits per heavy atom. The Hall–Kier alpha value is -2.89. The van der Waals surface area contributed by atoms with Crippen LogP contribution in [0.2, 0.25) is 0 Å². The molecule has 1 N–H and O–H groups in total. The van der Waals surface area contributed by atoms with E-state index in [9.17, 15) is 14.9 Å². The minimum atomic E-state index is -0.996. The molecule has 0 aliphatic heterocycles. The SMILES string of the molecule is Cc1ccc([N+](=O)[O-])c(Oc2ccccc2CC(=O)O)c1. The number of ether oxygens (including phenoxy) is 1. The van der Waals surface area contributed by atoms with E-state index in [1.165, 1.54) is 6.07 Å². The average molecular weight is 287 g/mol. The summed E-state index contributed by atoms with van der Waals surface area (Å²) in [4.78, 5) is 21.3. The highest BCUT2D eigenvalue weighted by molar-refractivity contribution is 5.71. The molecule has 0 bridgehead atoms. The first-order valence-corrected chi connectivity index (χ1v) is 6.20. The second-order valence-electron chi connectivity index (χ2n) is 4.51. The van der Waals surface area contributed by atoms with Crippen LogP contribution < -0.4 is 4.74 Å². The lowest BCUT2D eigenvalue weighted by Crippen LogP contribution is -2.02. The van der Waals surface area contributed by atoms with Crippen LogP contribution >= 0.6 is 0 Å². The van der Waals surface area contributed by atoms with Crippen molar-refractivity contribution in [2.24, 2.45) is 0 Å². The lowest BCUT2D eigenvalue weighted by atomic mass is 10.1. The minimum Gasteiger partial charge on any atom is -0.481 e. The van der Waals surface area contributed by atoms with Gasteiger partial charge in [0.2, 0.25) is 5.75 Å². The number of nitrogens with zero attached hydrogens (tertiary/aromatic N) is 1. The van der Waals surface area contributed by atoms with E-state index in [2.05, 4.69) is 0 Å². The Balaban J connectivity index is 2.40. The van der Waals surface area contributed by atoms with Gasteiger partial charge in [0.05, 0.1) is 11.3 Å². The Labute approximate surface area is 120 Å². The molecule has 0 aliphatic rings. The van der Waals surface area contributed by atoms with Crippen LogP contribution in [0.25, 0.3) is 0 Å². The summed E-state index contributed by atoms with van der Waals surface area (Å²) in [5, 5.41) is 19.9. The van der Waals surface area contributed by atoms with Crippen LogP contribution in [0.15, 0.2) is 42.5 Å². The first-order chi connectivity index (χ1) is 9.97. The van der Waals surface area contributed by atoms with E-state index >= 15 is 0 Å². The number of nitro groups is 1. The molecule has 0 radical (unpaired) electrons. The molecule has 108 valence electrons. The molecule has 6 heteroatoms. The van der Waals surface area contributed by atoms with Gasteiger partial charge in [-0.15, -0.1) is 0 Å². The molecule has 2 aromatic rings. The van der Waals surface area contributed by atoms with Crippen molar-refractivity contribution in [3.05, 3.63) is 63.7 Å². The smallest absolute Gasteiger partial charge is 0.311 e. The molecule has 2 aromatic carbocycles. The standard InChI is InChI=1S/C15H13NO5/c1-10-6-7-12(16(19)20)14(8-10)21-13-5-3-2-4-11(13)9-15(17)18/h2-8H,9H2,1H3,(H,17,18). The van der Waals surface area contributed by atoms with Crippen molar-refractivity contribution in [3.8, 4) is 11.5 Å². The molecule has 0 fully saturated rings. The van der Waals surface area contributed by atoms with E-state index < -0.39 is 10.9 Å². The van der Waals surface area contributed by atoms with Crippen LogP contribution in [-0.2, 0) is 11.2 Å². The van der Waals surface area contributed by atoms with Crippen molar-refractivity contribution < 1.29 is 19.6 Å². The van der Waals surface area contributed by atoms with Gasteiger partial charge in [-0.2, -0.15) is 0 Å². The lowest BCUT2D eigenvalue weighted by molar-refractivity contribution is -0.385. The van der Waals surface area contributed by atoms with Crippen molar-refractivity contribution in [2.45, 2.75) is 13.3 Å². The summed E-state index contributed by atoms with van der Waals surface area (Å²) in [5.74, 6) is -0.601. The van der Waals surface area contributed by atoms with Crippen LogP contribution in [-0.4, -0.2) is 16.0 Å². The van der Waals surface area contributed by atoms with Gasteiger partial charge in [0.15, 0.2) is 0 Å². The number of hydrogen-bond donors (Lipinski definition) is 1. The zero-order valence-corrected chi connectivity index (χ0v) is 11.3. The molecular weight excluding hydrogens is 274 g/mol. The summed E-state index contributed by atoms with van der Waals surface area (Å²) in [6.45, 7) is 1.79. The van der Waals surface area contributed by atoms with Crippen LogP contribution in [0.5, 0.6) is 11.5 Å². The van der Waals surface area contributed by atoms with Crippen molar-refractivity contribution in [1.82, 2.24) is 0 Å². The summed E-state index contributed by atoms with van der Waals surface area (Å²) in [6.07, 6.45) is -0.213. The number of aliphatic carboxylic acids is 1. The number of carboxylic acid groups (broad SMARTS) is 1. The number of hydrogen-bond acceptors (Lipinski definition) is 4. The molecule has 6 nitrogen and oxygen atoms in total. The largest absolute Gasteiger partial charge is 0.481 e. The maximum absolute atomic E-state index is 11.0. The summed E-state index contributed by atoms with van der Waals surface area (Å²) in [7, 11) is 0. The zero-order valence-electron chi connectivity index (χ0n) is 11.3. The maximum atomic E-state index is 11.0. The van der Waals surface area contributed by atoms with Gasteiger partial charge in [0.25, 0.3) is 0 Å². The van der Waals surface area contributed by atoms with Crippen LogP contribution in [0.4, 0.5) is 5.69 Å². The summed E-state index contributed by atoms with van der Waals surface area (Å²) in [6, 6.07) is 11.1. The van der Waals surface area contributed by atoms with Gasteiger partial charge < -0.3 is 9.84 Å². The van der Waals surface area contributed by atoms with Crippen molar-refractivity contribution >= 4 is 11.7 Å². The van der Waals surface area contributed by atoms with E-state index in [1.54, 1.807) is 43.3 Å². The molecule has 0 saturated heterocycles. The Kier molecular flexibility index (Phi) is 4.18. The molecule has 21 heavy (non-hydrogen) atoms. The van der Waals surface area contributed by atoms with Gasteiger partial charge in [0, 0.05) is 11.6 Å². The zero-order chi connectivity index (χ0) is 15.4. The van der Waals surface area contributed by atoms with E-state index in [0.29, 0.717) is 11.3 Å². The maximum Gasteiger partial charge on any atom is 0.311 e. The monoisotopic (exact) mass is 287 g/mol. The summed E-state index contributed by atoms with van der Waals surface area (Å²) < 4.78 is 5.58. The number of benzene rings is 2. The number of nitro benzene ring substituents is 1. The van der Waals surface area contributed by atoms with Gasteiger partial charge >= 0.3 is 11.7 Å². The normalized spacial score (nSPS) is 10.1. The average Bonchev–Trinajstić information content (AvgIpc) is 2.40. The van der Waals surface area contributed by atoms with E-state index in [0.717, 1.165) is 5.56 Å². The fourth-order valence-electron chi connectivity index (χ4n) is 1.88. The van der Waals surface area contributed by atoms with Gasteiger partial charge in [-0.3, -0.25) is 14.9 Å². The highest BCUT2D eigenvalue weighted by atomic mass is 16.6. The topological polar surface area (TPSA) is 89.7 Å². The molecular formula is C15H13NO5. The number of rotatable bonds is 5. The molecule has 0 saturated carbocycles. The molecule has 0 heterocycles. The Bertz CT molecular complexity index is 696. The second-order valence-corrected chi connectivity index (χ2v) is 4.51. The molecule has 0 spiro atoms. The van der Waals surface area contributed by atoms with Crippen molar-refractivity contribution in [3.63, 3.8) is 0 Å². The third-order valence-electron chi connectivity index (χ3n) is 2.85. The van der Waals surface area contributed by atoms with Crippen LogP contribution in [0.3, 0.4) is 0 Å². The van der Waals surface area contributed by atoms with Gasteiger partial charge in [-0.1, -0.05) is 24.3 Å².